The Morgan fingerprint density at radius 1 is 1.42 bits per heavy atom. The van der Waals surface area contributed by atoms with E-state index in [-0.39, 0.29) is 12.5 Å². The Hall–Kier alpha value is -1.80. The molecule has 3 N–H and O–H groups in total. The van der Waals surface area contributed by atoms with Gasteiger partial charge in [-0.3, -0.25) is 4.79 Å². The molecule has 0 saturated heterocycles. The lowest BCUT2D eigenvalue weighted by molar-refractivity contribution is 0.103. The van der Waals surface area contributed by atoms with Crippen LogP contribution in [0.3, 0.4) is 0 Å². The average Bonchev–Trinajstić information content (AvgIpc) is 2.93. The molecule has 1 aromatic heterocycles. The van der Waals surface area contributed by atoms with Gasteiger partial charge in [-0.25, -0.2) is 0 Å². The van der Waals surface area contributed by atoms with Crippen molar-refractivity contribution in [2.75, 3.05) is 11.9 Å². The number of carbonyl (C=O) groups excluding carboxylic acids is 1. The first kappa shape index (κ1) is 13.6. The molecule has 0 aliphatic carbocycles. The van der Waals surface area contributed by atoms with Crippen molar-refractivity contribution in [1.29, 1.82) is 0 Å². The Labute approximate surface area is 120 Å². The lowest BCUT2D eigenvalue weighted by atomic mass is 10.2. The van der Waals surface area contributed by atoms with E-state index in [1.165, 1.54) is 11.3 Å². The van der Waals surface area contributed by atoms with Crippen LogP contribution in [0.15, 0.2) is 35.7 Å². The van der Waals surface area contributed by atoms with Gasteiger partial charge >= 0.3 is 0 Å². The number of nitrogens with two attached hydrogens (primary N) is 1. The van der Waals surface area contributed by atoms with Gasteiger partial charge in [0, 0.05) is 11.3 Å². The molecule has 0 radical (unpaired) electrons. The second-order valence-electron chi connectivity index (χ2n) is 3.63. The molecule has 0 spiro atoms. The number of hydrogen-bond acceptors (Lipinski definition) is 3. The number of hydrogen-bond donors (Lipinski definition) is 2. The molecular weight excluding hydrogens is 280 g/mol. The lowest BCUT2D eigenvalue weighted by Gasteiger charge is -2.05. The Kier molecular flexibility index (Phi) is 4.58. The van der Waals surface area contributed by atoms with Crippen molar-refractivity contribution in [2.45, 2.75) is 0 Å². The molecule has 2 aromatic rings. The molecular formula is C14H11ClN2OS. The third-order valence-electron chi connectivity index (χ3n) is 2.29. The third kappa shape index (κ3) is 3.58. The first-order valence-corrected chi connectivity index (χ1v) is 6.80. The van der Waals surface area contributed by atoms with E-state index in [2.05, 4.69) is 17.2 Å². The smallest absolute Gasteiger partial charge is 0.265 e. The average molecular weight is 291 g/mol. The van der Waals surface area contributed by atoms with E-state index in [0.717, 1.165) is 0 Å². The summed E-state index contributed by atoms with van der Waals surface area (Å²) in [6, 6.07) is 8.77. The zero-order valence-electron chi connectivity index (χ0n) is 9.94. The first-order chi connectivity index (χ1) is 9.20. The van der Waals surface area contributed by atoms with Gasteiger partial charge in [-0.05, 0) is 29.6 Å². The Morgan fingerprint density at radius 2 is 2.26 bits per heavy atom. The SMILES string of the molecule is NCC#Cc1cc(NC(=O)c2cccs2)ccc1Cl. The van der Waals surface area contributed by atoms with Crippen LogP contribution in [0.2, 0.25) is 5.02 Å². The topological polar surface area (TPSA) is 55.1 Å². The van der Waals surface area contributed by atoms with Crippen LogP contribution >= 0.6 is 22.9 Å². The van der Waals surface area contributed by atoms with Gasteiger partial charge in [-0.2, -0.15) is 0 Å². The predicted octanol–water partition coefficient (Wildman–Crippen LogP) is 2.96. The monoisotopic (exact) mass is 290 g/mol. The van der Waals surface area contributed by atoms with E-state index >= 15 is 0 Å². The Morgan fingerprint density at radius 3 is 2.95 bits per heavy atom. The maximum absolute atomic E-state index is 11.9. The summed E-state index contributed by atoms with van der Waals surface area (Å²) < 4.78 is 0. The third-order valence-corrected chi connectivity index (χ3v) is 3.49. The first-order valence-electron chi connectivity index (χ1n) is 5.54. The molecule has 0 aliphatic heterocycles. The molecule has 0 bridgehead atoms. The number of carbonyl (C=O) groups is 1. The molecule has 0 aliphatic rings. The van der Waals surface area contributed by atoms with Gasteiger partial charge in [0.15, 0.2) is 0 Å². The fourth-order valence-corrected chi connectivity index (χ4v) is 2.23. The summed E-state index contributed by atoms with van der Waals surface area (Å²) in [5, 5.41) is 5.20. The van der Waals surface area contributed by atoms with Gasteiger partial charge in [0.2, 0.25) is 0 Å². The second kappa shape index (κ2) is 6.39. The quantitative estimate of drug-likeness (QED) is 0.836. The molecule has 0 saturated carbocycles. The number of benzene rings is 1. The van der Waals surface area contributed by atoms with Crippen molar-refractivity contribution >= 4 is 34.5 Å². The summed E-state index contributed by atoms with van der Waals surface area (Å²) in [7, 11) is 0. The van der Waals surface area contributed by atoms with Gasteiger partial charge < -0.3 is 11.1 Å². The summed E-state index contributed by atoms with van der Waals surface area (Å²) in [6.07, 6.45) is 0. The van der Waals surface area contributed by atoms with Gasteiger partial charge in [-0.15, -0.1) is 11.3 Å². The Balaban J connectivity index is 2.19. The molecule has 2 rings (SSSR count). The van der Waals surface area contributed by atoms with E-state index < -0.39 is 0 Å². The molecule has 0 fully saturated rings. The second-order valence-corrected chi connectivity index (χ2v) is 4.99. The number of thiophene rings is 1. The highest BCUT2D eigenvalue weighted by Crippen LogP contribution is 2.20. The molecule has 1 aromatic carbocycles. The minimum Gasteiger partial charge on any atom is -0.321 e. The molecule has 96 valence electrons. The van der Waals surface area contributed by atoms with Crippen LogP contribution in [-0.2, 0) is 0 Å². The normalized spacial score (nSPS) is 9.58. The highest BCUT2D eigenvalue weighted by atomic mass is 35.5. The zero-order valence-corrected chi connectivity index (χ0v) is 11.5. The standard InChI is InChI=1S/C14H11ClN2OS/c15-12-6-5-11(9-10(12)3-1-7-16)17-14(18)13-4-2-8-19-13/h2,4-6,8-9H,7,16H2,(H,17,18). The number of halogens is 1. The van der Waals surface area contributed by atoms with E-state index in [1.54, 1.807) is 24.3 Å². The van der Waals surface area contributed by atoms with Crippen LogP contribution in [0.25, 0.3) is 0 Å². The molecule has 5 heteroatoms. The van der Waals surface area contributed by atoms with Gasteiger partial charge in [0.1, 0.15) is 0 Å². The maximum atomic E-state index is 11.9. The van der Waals surface area contributed by atoms with Crippen LogP contribution in [-0.4, -0.2) is 12.5 Å². The summed E-state index contributed by atoms with van der Waals surface area (Å²) in [4.78, 5) is 12.6. The molecule has 1 amide bonds. The van der Waals surface area contributed by atoms with Crippen molar-refractivity contribution in [3.05, 3.63) is 51.2 Å². The highest BCUT2D eigenvalue weighted by Gasteiger charge is 2.07. The number of amides is 1. The summed E-state index contributed by atoms with van der Waals surface area (Å²) >= 11 is 7.40. The van der Waals surface area contributed by atoms with Crippen LogP contribution in [0.5, 0.6) is 0 Å². The lowest BCUT2D eigenvalue weighted by Crippen LogP contribution is -2.10. The molecule has 1 heterocycles. The fraction of sp³-hybridized carbons (Fsp3) is 0.0714. The van der Waals surface area contributed by atoms with Crippen molar-refractivity contribution in [2.24, 2.45) is 5.73 Å². The maximum Gasteiger partial charge on any atom is 0.265 e. The Bertz CT molecular complexity index is 641. The van der Waals surface area contributed by atoms with E-state index in [0.29, 0.717) is 21.2 Å². The molecule has 0 unspecified atom stereocenters. The van der Waals surface area contributed by atoms with Gasteiger partial charge in [0.25, 0.3) is 5.91 Å². The fourth-order valence-electron chi connectivity index (χ4n) is 1.45. The summed E-state index contributed by atoms with van der Waals surface area (Å²) in [5.41, 5.74) is 6.63. The van der Waals surface area contributed by atoms with E-state index in [1.807, 2.05) is 11.4 Å². The summed E-state index contributed by atoms with van der Waals surface area (Å²) in [6.45, 7) is 0.266. The van der Waals surface area contributed by atoms with Crippen LogP contribution < -0.4 is 11.1 Å². The number of nitrogens with one attached hydrogen (secondary N) is 1. The predicted molar refractivity (Wildman–Crippen MR) is 79.7 cm³/mol. The van der Waals surface area contributed by atoms with Crippen molar-refractivity contribution < 1.29 is 4.79 Å². The molecule has 0 atom stereocenters. The minimum absolute atomic E-state index is 0.143. The zero-order chi connectivity index (χ0) is 13.7. The highest BCUT2D eigenvalue weighted by molar-refractivity contribution is 7.12. The van der Waals surface area contributed by atoms with Crippen LogP contribution in [0.4, 0.5) is 5.69 Å². The van der Waals surface area contributed by atoms with Crippen LogP contribution in [0.1, 0.15) is 15.2 Å². The molecule has 19 heavy (non-hydrogen) atoms. The van der Waals surface area contributed by atoms with Crippen LogP contribution in [0, 0.1) is 11.8 Å². The van der Waals surface area contributed by atoms with Crippen molar-refractivity contribution in [3.63, 3.8) is 0 Å². The number of anilines is 1. The largest absolute Gasteiger partial charge is 0.321 e. The van der Waals surface area contributed by atoms with E-state index in [9.17, 15) is 4.79 Å². The number of rotatable bonds is 2. The van der Waals surface area contributed by atoms with E-state index in [4.69, 9.17) is 17.3 Å². The van der Waals surface area contributed by atoms with Crippen molar-refractivity contribution in [1.82, 2.24) is 0 Å². The van der Waals surface area contributed by atoms with Crippen molar-refractivity contribution in [3.8, 4) is 11.8 Å². The molecule has 3 nitrogen and oxygen atoms in total. The van der Waals surface area contributed by atoms with Gasteiger partial charge in [-0.1, -0.05) is 29.5 Å². The van der Waals surface area contributed by atoms with Gasteiger partial charge in [0.05, 0.1) is 16.4 Å². The summed E-state index contributed by atoms with van der Waals surface area (Å²) in [5.74, 6) is 5.46. The minimum atomic E-state index is -0.143.